The largest absolute Gasteiger partial charge is 0.467 e. The van der Waals surface area contributed by atoms with Gasteiger partial charge in [-0.25, -0.2) is 9.59 Å². The fourth-order valence-electron chi connectivity index (χ4n) is 2.04. The van der Waals surface area contributed by atoms with Crippen LogP contribution in [0.1, 0.15) is 19.3 Å². The normalized spacial score (nSPS) is 22.7. The molecule has 0 radical (unpaired) electrons. The number of ether oxygens (including phenoxy) is 2. The molecule has 1 aliphatic carbocycles. The number of rotatable bonds is 6. The molecule has 2 N–H and O–H groups in total. The van der Waals surface area contributed by atoms with Gasteiger partial charge >= 0.3 is 12.1 Å². The Morgan fingerprint density at radius 3 is 2.80 bits per heavy atom. The number of aliphatic hydroxyl groups excluding tert-OH is 1. The van der Waals surface area contributed by atoms with E-state index in [0.717, 1.165) is 6.42 Å². The average molecular weight is 283 g/mol. The van der Waals surface area contributed by atoms with Crippen LogP contribution in [-0.2, 0) is 14.3 Å². The van der Waals surface area contributed by atoms with Gasteiger partial charge in [-0.3, -0.25) is 0 Å². The van der Waals surface area contributed by atoms with Crippen LogP contribution in [-0.4, -0.2) is 43.0 Å². The van der Waals surface area contributed by atoms with Gasteiger partial charge in [0.05, 0.1) is 13.2 Å². The zero-order valence-corrected chi connectivity index (χ0v) is 11.6. The molecule has 0 saturated heterocycles. The first kappa shape index (κ1) is 16.2. The molecule has 1 aliphatic rings. The molecule has 0 aromatic heterocycles. The minimum atomic E-state index is -0.762. The van der Waals surface area contributed by atoms with E-state index in [2.05, 4.69) is 16.6 Å². The Kier molecular flexibility index (Phi) is 6.79. The third-order valence-corrected chi connectivity index (χ3v) is 3.09. The van der Waals surface area contributed by atoms with Gasteiger partial charge in [-0.05, 0) is 25.2 Å². The first-order valence-corrected chi connectivity index (χ1v) is 6.55. The Bertz CT molecular complexity index is 380. The number of carbonyl (C=O) groups excluding carboxylic acids is 2. The van der Waals surface area contributed by atoms with Gasteiger partial charge in [0, 0.05) is 0 Å². The Morgan fingerprint density at radius 1 is 1.50 bits per heavy atom. The number of amides is 1. The van der Waals surface area contributed by atoms with Crippen molar-refractivity contribution < 1.29 is 24.2 Å². The highest BCUT2D eigenvalue weighted by Crippen LogP contribution is 2.22. The third kappa shape index (κ3) is 5.44. The van der Waals surface area contributed by atoms with E-state index in [1.54, 1.807) is 6.08 Å². The summed E-state index contributed by atoms with van der Waals surface area (Å²) in [5, 5.41) is 11.9. The topological polar surface area (TPSA) is 84.9 Å². The highest BCUT2D eigenvalue weighted by atomic mass is 16.6. The van der Waals surface area contributed by atoms with Gasteiger partial charge in [0.1, 0.15) is 12.6 Å². The standard InChI is InChI=1S/C14H21NO5/c1-3-8-20-14(18)15-12(13(17)19-2)9-10-4-6-11(16)7-5-10/h3-4,6,10-12,16H,1,5,7-9H2,2H3,(H,15,18)/t10-,11?,12+/m1/s1. The summed E-state index contributed by atoms with van der Waals surface area (Å²) in [5.41, 5.74) is 0. The van der Waals surface area contributed by atoms with Crippen molar-refractivity contribution in [2.45, 2.75) is 31.4 Å². The molecule has 1 amide bonds. The van der Waals surface area contributed by atoms with E-state index in [4.69, 9.17) is 4.74 Å². The van der Waals surface area contributed by atoms with Crippen LogP contribution in [0.4, 0.5) is 4.79 Å². The van der Waals surface area contributed by atoms with E-state index in [0.29, 0.717) is 12.8 Å². The predicted octanol–water partition coefficient (Wildman–Crippen LogP) is 1.16. The first-order valence-electron chi connectivity index (χ1n) is 6.55. The Morgan fingerprint density at radius 2 is 2.25 bits per heavy atom. The fraction of sp³-hybridized carbons (Fsp3) is 0.571. The number of hydrogen-bond donors (Lipinski definition) is 2. The first-order chi connectivity index (χ1) is 9.56. The number of aliphatic hydroxyl groups is 1. The molecule has 0 heterocycles. The van der Waals surface area contributed by atoms with Crippen LogP contribution in [0.5, 0.6) is 0 Å². The molecule has 0 aromatic rings. The lowest BCUT2D eigenvalue weighted by atomic mass is 9.89. The molecule has 0 aromatic carbocycles. The van der Waals surface area contributed by atoms with Crippen molar-refractivity contribution in [2.24, 2.45) is 5.92 Å². The lowest BCUT2D eigenvalue weighted by Crippen LogP contribution is -2.43. The van der Waals surface area contributed by atoms with Gasteiger partial charge in [-0.2, -0.15) is 0 Å². The SMILES string of the molecule is C=CCOC(=O)N[C@@H](C[C@@H]1C=CC(O)CC1)C(=O)OC. The van der Waals surface area contributed by atoms with Gasteiger partial charge in [0.2, 0.25) is 0 Å². The summed E-state index contributed by atoms with van der Waals surface area (Å²) < 4.78 is 9.47. The lowest BCUT2D eigenvalue weighted by Gasteiger charge is -2.23. The third-order valence-electron chi connectivity index (χ3n) is 3.09. The van der Waals surface area contributed by atoms with Crippen molar-refractivity contribution in [3.63, 3.8) is 0 Å². The second-order valence-electron chi connectivity index (χ2n) is 4.63. The minimum absolute atomic E-state index is 0.0786. The van der Waals surface area contributed by atoms with Crippen LogP contribution >= 0.6 is 0 Å². The maximum absolute atomic E-state index is 11.7. The summed E-state index contributed by atoms with van der Waals surface area (Å²) in [4.78, 5) is 23.2. The van der Waals surface area contributed by atoms with Crippen molar-refractivity contribution in [1.29, 1.82) is 0 Å². The quantitative estimate of drug-likeness (QED) is 0.564. The molecule has 6 nitrogen and oxygen atoms in total. The van der Waals surface area contributed by atoms with E-state index in [1.807, 2.05) is 6.08 Å². The number of alkyl carbamates (subject to hydrolysis) is 1. The van der Waals surface area contributed by atoms with E-state index in [1.165, 1.54) is 13.2 Å². The highest BCUT2D eigenvalue weighted by molar-refractivity contribution is 5.81. The van der Waals surface area contributed by atoms with Crippen LogP contribution in [0.15, 0.2) is 24.8 Å². The maximum Gasteiger partial charge on any atom is 0.408 e. The molecule has 6 heteroatoms. The lowest BCUT2D eigenvalue weighted by molar-refractivity contribution is -0.143. The second-order valence-corrected chi connectivity index (χ2v) is 4.63. The molecule has 1 unspecified atom stereocenters. The van der Waals surface area contributed by atoms with E-state index >= 15 is 0 Å². The van der Waals surface area contributed by atoms with Crippen LogP contribution in [0.3, 0.4) is 0 Å². The van der Waals surface area contributed by atoms with Crippen LogP contribution < -0.4 is 5.32 Å². The summed E-state index contributed by atoms with van der Waals surface area (Å²) >= 11 is 0. The summed E-state index contributed by atoms with van der Waals surface area (Å²) in [6.07, 6.45) is 5.73. The number of esters is 1. The minimum Gasteiger partial charge on any atom is -0.467 e. The zero-order valence-electron chi connectivity index (χ0n) is 11.6. The van der Waals surface area contributed by atoms with Gasteiger partial charge in [-0.15, -0.1) is 0 Å². The maximum atomic E-state index is 11.7. The monoisotopic (exact) mass is 283 g/mol. The van der Waals surface area contributed by atoms with Gasteiger partial charge < -0.3 is 19.9 Å². The molecular formula is C14H21NO5. The van der Waals surface area contributed by atoms with Crippen LogP contribution in [0.2, 0.25) is 0 Å². The molecule has 20 heavy (non-hydrogen) atoms. The van der Waals surface area contributed by atoms with Crippen LogP contribution in [0.25, 0.3) is 0 Å². The Balaban J connectivity index is 2.56. The van der Waals surface area contributed by atoms with E-state index in [9.17, 15) is 14.7 Å². The zero-order chi connectivity index (χ0) is 15.0. The molecule has 0 bridgehead atoms. The summed E-state index contributed by atoms with van der Waals surface area (Å²) in [5.74, 6) is -0.401. The molecule has 112 valence electrons. The van der Waals surface area contributed by atoms with Gasteiger partial charge in [-0.1, -0.05) is 24.8 Å². The smallest absolute Gasteiger partial charge is 0.408 e. The summed E-state index contributed by atoms with van der Waals surface area (Å²) in [6, 6.07) is -0.762. The fourth-order valence-corrected chi connectivity index (χ4v) is 2.04. The molecule has 0 spiro atoms. The van der Waals surface area contributed by atoms with Gasteiger partial charge in [0.25, 0.3) is 0 Å². The van der Waals surface area contributed by atoms with Gasteiger partial charge in [0.15, 0.2) is 0 Å². The van der Waals surface area contributed by atoms with Crippen molar-refractivity contribution in [3.8, 4) is 0 Å². The summed E-state index contributed by atoms with van der Waals surface area (Å²) in [6.45, 7) is 3.51. The second kappa shape index (κ2) is 8.37. The average Bonchev–Trinajstić information content (AvgIpc) is 2.45. The Labute approximate surface area is 118 Å². The number of nitrogens with one attached hydrogen (secondary N) is 1. The number of hydrogen-bond acceptors (Lipinski definition) is 5. The molecular weight excluding hydrogens is 262 g/mol. The van der Waals surface area contributed by atoms with Crippen molar-refractivity contribution >= 4 is 12.1 Å². The molecule has 0 fully saturated rings. The number of allylic oxidation sites excluding steroid dienone is 1. The van der Waals surface area contributed by atoms with E-state index < -0.39 is 24.2 Å². The predicted molar refractivity (Wildman–Crippen MR) is 73.0 cm³/mol. The van der Waals surface area contributed by atoms with Crippen molar-refractivity contribution in [1.82, 2.24) is 5.32 Å². The van der Waals surface area contributed by atoms with E-state index in [-0.39, 0.29) is 12.5 Å². The summed E-state index contributed by atoms with van der Waals surface area (Å²) in [7, 11) is 1.27. The number of carbonyl (C=O) groups is 2. The highest BCUT2D eigenvalue weighted by Gasteiger charge is 2.26. The molecule has 0 saturated carbocycles. The van der Waals surface area contributed by atoms with Crippen molar-refractivity contribution in [2.75, 3.05) is 13.7 Å². The van der Waals surface area contributed by atoms with Crippen molar-refractivity contribution in [3.05, 3.63) is 24.8 Å². The molecule has 0 aliphatic heterocycles. The number of methoxy groups -OCH3 is 1. The Hall–Kier alpha value is -1.82. The molecule has 3 atom stereocenters. The molecule has 1 rings (SSSR count). The van der Waals surface area contributed by atoms with Crippen LogP contribution in [0, 0.1) is 5.92 Å².